The van der Waals surface area contributed by atoms with Crippen molar-refractivity contribution in [2.45, 2.75) is 58.4 Å². The summed E-state index contributed by atoms with van der Waals surface area (Å²) in [5, 5.41) is 16.5. The van der Waals surface area contributed by atoms with Crippen LogP contribution in [0.25, 0.3) is 0 Å². The van der Waals surface area contributed by atoms with Gasteiger partial charge in [0.25, 0.3) is 0 Å². The fourth-order valence-corrected chi connectivity index (χ4v) is 6.17. The van der Waals surface area contributed by atoms with E-state index in [-0.39, 0.29) is 22.9 Å². The van der Waals surface area contributed by atoms with Gasteiger partial charge in [0.2, 0.25) is 17.6 Å². The van der Waals surface area contributed by atoms with Gasteiger partial charge in [-0.05, 0) is 74.3 Å². The fourth-order valence-electron chi connectivity index (χ4n) is 6.17. The molecule has 0 unspecified atom stereocenters. The number of halogens is 1. The van der Waals surface area contributed by atoms with Crippen LogP contribution >= 0.6 is 0 Å². The lowest BCUT2D eigenvalue weighted by molar-refractivity contribution is -0.387. The normalized spacial score (nSPS) is 30.2. The lowest BCUT2D eigenvalue weighted by Crippen LogP contribution is -2.57. The molecule has 1 aromatic rings. The number of nitrogens with one attached hydrogen (secondary N) is 2. The van der Waals surface area contributed by atoms with Crippen molar-refractivity contribution in [2.75, 3.05) is 5.32 Å². The standard InChI is InChI=1S/C22H28FN3O4/c1-12(2)19(20(27)24-16-3-4-17(23)18(8-16)26(29)30)25-21(28)22-9-13-5-14(10-22)7-15(6-13)11-22/h3-4,8,12-15,19H,5-7,9-11H2,1-2H3,(H,24,27)(H,25,28)/t13?,14?,15?,19-,22?/m0/s1. The molecule has 2 amide bonds. The van der Waals surface area contributed by atoms with Crippen LogP contribution in [0.4, 0.5) is 15.8 Å². The van der Waals surface area contributed by atoms with Crippen molar-refractivity contribution in [1.29, 1.82) is 0 Å². The van der Waals surface area contributed by atoms with Crippen LogP contribution in [0, 0.1) is 45.0 Å². The molecule has 2 N–H and O–H groups in total. The molecule has 4 saturated carbocycles. The number of anilines is 1. The van der Waals surface area contributed by atoms with Gasteiger partial charge in [0.1, 0.15) is 6.04 Å². The molecule has 0 spiro atoms. The van der Waals surface area contributed by atoms with E-state index in [1.165, 1.54) is 25.3 Å². The van der Waals surface area contributed by atoms with Crippen LogP contribution in [0.15, 0.2) is 18.2 Å². The summed E-state index contributed by atoms with van der Waals surface area (Å²) < 4.78 is 13.6. The van der Waals surface area contributed by atoms with Crippen molar-refractivity contribution < 1.29 is 18.9 Å². The van der Waals surface area contributed by atoms with Crippen LogP contribution in [0.2, 0.25) is 0 Å². The molecule has 0 radical (unpaired) electrons. The number of nitro groups is 1. The highest BCUT2D eigenvalue weighted by Crippen LogP contribution is 2.60. The minimum Gasteiger partial charge on any atom is -0.344 e. The molecule has 162 valence electrons. The topological polar surface area (TPSA) is 101 Å². The zero-order valence-electron chi connectivity index (χ0n) is 17.3. The van der Waals surface area contributed by atoms with Crippen molar-refractivity contribution >= 4 is 23.2 Å². The minimum absolute atomic E-state index is 0.0412. The first-order valence-electron chi connectivity index (χ1n) is 10.7. The summed E-state index contributed by atoms with van der Waals surface area (Å²) in [6.45, 7) is 3.69. The van der Waals surface area contributed by atoms with E-state index < -0.39 is 28.4 Å². The van der Waals surface area contributed by atoms with Gasteiger partial charge in [0.05, 0.1) is 4.92 Å². The Morgan fingerprint density at radius 3 is 2.20 bits per heavy atom. The summed E-state index contributed by atoms with van der Waals surface area (Å²) >= 11 is 0. The zero-order chi connectivity index (χ0) is 21.6. The van der Waals surface area contributed by atoms with Crippen LogP contribution in [0.1, 0.15) is 52.4 Å². The van der Waals surface area contributed by atoms with Crippen molar-refractivity contribution in [3.63, 3.8) is 0 Å². The van der Waals surface area contributed by atoms with Gasteiger partial charge in [0, 0.05) is 17.2 Å². The summed E-state index contributed by atoms with van der Waals surface area (Å²) in [5.41, 5.74) is -0.939. The van der Waals surface area contributed by atoms with E-state index in [1.807, 2.05) is 13.8 Å². The number of hydrogen-bond donors (Lipinski definition) is 2. The largest absolute Gasteiger partial charge is 0.344 e. The second kappa shape index (κ2) is 7.63. The SMILES string of the molecule is CC(C)[C@H](NC(=O)C12CC3CC(CC(C3)C1)C2)C(=O)Nc1ccc(F)c([N+](=O)[O-])c1. The summed E-state index contributed by atoms with van der Waals surface area (Å²) in [6, 6.07) is 2.45. The molecule has 0 aliphatic heterocycles. The molecule has 30 heavy (non-hydrogen) atoms. The first-order chi connectivity index (χ1) is 14.2. The fraction of sp³-hybridized carbons (Fsp3) is 0.636. The Kier molecular flexibility index (Phi) is 5.28. The lowest BCUT2D eigenvalue weighted by atomic mass is 9.49. The van der Waals surface area contributed by atoms with Gasteiger partial charge >= 0.3 is 5.69 Å². The molecule has 1 atom stereocenters. The van der Waals surface area contributed by atoms with Crippen molar-refractivity contribution in [3.05, 3.63) is 34.1 Å². The molecule has 7 nitrogen and oxygen atoms in total. The molecule has 5 rings (SSSR count). The molecule has 0 aromatic heterocycles. The second-order valence-electron chi connectivity index (χ2n) is 9.81. The Bertz CT molecular complexity index is 850. The Balaban J connectivity index is 1.48. The number of nitrogens with zero attached hydrogens (tertiary/aromatic N) is 1. The summed E-state index contributed by atoms with van der Waals surface area (Å²) in [6.07, 6.45) is 6.39. The molecule has 8 heteroatoms. The molecule has 4 aliphatic rings. The Labute approximate surface area is 174 Å². The molecule has 4 fully saturated rings. The van der Waals surface area contributed by atoms with Crippen molar-refractivity contribution in [1.82, 2.24) is 5.32 Å². The number of carbonyl (C=O) groups is 2. The van der Waals surface area contributed by atoms with Gasteiger partial charge < -0.3 is 10.6 Å². The average Bonchev–Trinajstić information content (AvgIpc) is 2.65. The third kappa shape index (κ3) is 3.79. The van der Waals surface area contributed by atoms with E-state index in [0.717, 1.165) is 31.4 Å². The van der Waals surface area contributed by atoms with Crippen LogP contribution in [0.3, 0.4) is 0 Å². The smallest absolute Gasteiger partial charge is 0.306 e. The number of amides is 2. The Morgan fingerprint density at radius 1 is 1.13 bits per heavy atom. The van der Waals surface area contributed by atoms with E-state index in [4.69, 9.17) is 0 Å². The van der Waals surface area contributed by atoms with Gasteiger partial charge in [-0.25, -0.2) is 0 Å². The molecule has 0 heterocycles. The maximum Gasteiger partial charge on any atom is 0.306 e. The van der Waals surface area contributed by atoms with Gasteiger partial charge in [0.15, 0.2) is 0 Å². The third-order valence-corrected chi connectivity index (χ3v) is 7.17. The molecule has 0 saturated heterocycles. The minimum atomic E-state index is -0.964. The number of nitro benzene ring substituents is 1. The monoisotopic (exact) mass is 417 g/mol. The maximum atomic E-state index is 13.6. The zero-order valence-corrected chi connectivity index (χ0v) is 17.3. The van der Waals surface area contributed by atoms with Crippen LogP contribution in [-0.2, 0) is 9.59 Å². The first-order valence-corrected chi connectivity index (χ1v) is 10.7. The van der Waals surface area contributed by atoms with Gasteiger partial charge in [-0.15, -0.1) is 0 Å². The lowest BCUT2D eigenvalue weighted by Gasteiger charge is -2.55. The quantitative estimate of drug-likeness (QED) is 0.539. The van der Waals surface area contributed by atoms with Crippen LogP contribution < -0.4 is 10.6 Å². The second-order valence-corrected chi connectivity index (χ2v) is 9.81. The van der Waals surface area contributed by atoms with E-state index in [9.17, 15) is 24.1 Å². The number of hydrogen-bond acceptors (Lipinski definition) is 4. The van der Waals surface area contributed by atoms with E-state index in [2.05, 4.69) is 10.6 Å². The van der Waals surface area contributed by atoms with Gasteiger partial charge in [-0.2, -0.15) is 4.39 Å². The predicted molar refractivity (Wildman–Crippen MR) is 109 cm³/mol. The first kappa shape index (κ1) is 20.8. The maximum absolute atomic E-state index is 13.6. The van der Waals surface area contributed by atoms with Crippen LogP contribution in [-0.4, -0.2) is 22.8 Å². The summed E-state index contributed by atoms with van der Waals surface area (Å²) in [5.74, 6) is 0.227. The number of carbonyl (C=O) groups excluding carboxylic acids is 2. The highest BCUT2D eigenvalue weighted by molar-refractivity contribution is 5.98. The number of benzene rings is 1. The predicted octanol–water partition coefficient (Wildman–Crippen LogP) is 4.03. The van der Waals surface area contributed by atoms with Gasteiger partial charge in [-0.1, -0.05) is 13.8 Å². The van der Waals surface area contributed by atoms with E-state index in [1.54, 1.807) is 0 Å². The van der Waals surface area contributed by atoms with Crippen LogP contribution in [0.5, 0.6) is 0 Å². The summed E-state index contributed by atoms with van der Waals surface area (Å²) in [7, 11) is 0. The highest BCUT2D eigenvalue weighted by Gasteiger charge is 2.55. The number of rotatable bonds is 6. The molecule has 4 bridgehead atoms. The highest BCUT2D eigenvalue weighted by atomic mass is 19.1. The Morgan fingerprint density at radius 2 is 1.70 bits per heavy atom. The molecular weight excluding hydrogens is 389 g/mol. The van der Waals surface area contributed by atoms with Crippen molar-refractivity contribution in [3.8, 4) is 0 Å². The van der Waals surface area contributed by atoms with E-state index in [0.29, 0.717) is 17.8 Å². The van der Waals surface area contributed by atoms with Crippen molar-refractivity contribution in [2.24, 2.45) is 29.1 Å². The van der Waals surface area contributed by atoms with Gasteiger partial charge in [-0.3, -0.25) is 19.7 Å². The Hall–Kier alpha value is -2.51. The average molecular weight is 417 g/mol. The molecule has 4 aliphatic carbocycles. The molecule has 1 aromatic carbocycles. The molecular formula is C22H28FN3O4. The summed E-state index contributed by atoms with van der Waals surface area (Å²) in [4.78, 5) is 36.3. The third-order valence-electron chi connectivity index (χ3n) is 7.17. The van der Waals surface area contributed by atoms with E-state index >= 15 is 0 Å².